The number of aliphatic hydroxyl groups excluding tert-OH is 1. The summed E-state index contributed by atoms with van der Waals surface area (Å²) < 4.78 is 4.74. The fourth-order valence-electron chi connectivity index (χ4n) is 2.43. The maximum atomic E-state index is 12.5. The average Bonchev–Trinajstić information content (AvgIpc) is 2.94. The van der Waals surface area contributed by atoms with Crippen molar-refractivity contribution in [3.8, 4) is 0 Å². The lowest BCUT2D eigenvalue weighted by molar-refractivity contribution is -0.148. The van der Waals surface area contributed by atoms with Crippen molar-refractivity contribution in [3.05, 3.63) is 16.1 Å². The number of thiazole rings is 1. The van der Waals surface area contributed by atoms with Gasteiger partial charge in [-0.05, 0) is 19.3 Å². The van der Waals surface area contributed by atoms with Gasteiger partial charge in [0.15, 0.2) is 0 Å². The standard InChI is InChI=1S/C14H20N2O4S/c1-3-4-12-15-10(8-21-12)13(18)16-6-5-9(17)7-11(16)14(19)20-2/h8-9,11,17H,3-7H2,1-2H3/t9-,11+/m0/s1. The number of carbonyl (C=O) groups is 2. The summed E-state index contributed by atoms with van der Waals surface area (Å²) in [5.74, 6) is -0.762. The third-order valence-corrected chi connectivity index (χ3v) is 4.45. The molecule has 116 valence electrons. The Morgan fingerprint density at radius 3 is 3.00 bits per heavy atom. The Kier molecular flexibility index (Phi) is 5.30. The van der Waals surface area contributed by atoms with Crippen molar-refractivity contribution < 1.29 is 19.4 Å². The van der Waals surface area contributed by atoms with E-state index in [4.69, 9.17) is 4.74 Å². The summed E-state index contributed by atoms with van der Waals surface area (Å²) in [7, 11) is 1.29. The Labute approximate surface area is 127 Å². The van der Waals surface area contributed by atoms with E-state index < -0.39 is 18.1 Å². The largest absolute Gasteiger partial charge is 0.467 e. The van der Waals surface area contributed by atoms with Gasteiger partial charge in [-0.15, -0.1) is 11.3 Å². The fraction of sp³-hybridized carbons (Fsp3) is 0.643. The summed E-state index contributed by atoms with van der Waals surface area (Å²) in [4.78, 5) is 30.1. The van der Waals surface area contributed by atoms with Gasteiger partial charge in [-0.1, -0.05) is 6.92 Å². The number of aliphatic hydroxyl groups is 1. The number of likely N-dealkylation sites (tertiary alicyclic amines) is 1. The molecule has 1 aliphatic heterocycles. The van der Waals surface area contributed by atoms with Gasteiger partial charge in [0.25, 0.3) is 5.91 Å². The van der Waals surface area contributed by atoms with Crippen molar-refractivity contribution in [2.24, 2.45) is 0 Å². The molecule has 0 unspecified atom stereocenters. The van der Waals surface area contributed by atoms with E-state index in [1.54, 1.807) is 5.38 Å². The number of carbonyl (C=O) groups excluding carboxylic acids is 2. The Morgan fingerprint density at radius 1 is 1.57 bits per heavy atom. The van der Waals surface area contributed by atoms with Gasteiger partial charge in [0.2, 0.25) is 0 Å². The zero-order valence-electron chi connectivity index (χ0n) is 12.2. The second-order valence-corrected chi connectivity index (χ2v) is 6.03. The van der Waals surface area contributed by atoms with Gasteiger partial charge < -0.3 is 14.7 Å². The minimum absolute atomic E-state index is 0.213. The Bertz CT molecular complexity index is 517. The Morgan fingerprint density at radius 2 is 2.33 bits per heavy atom. The number of piperidine rings is 1. The maximum Gasteiger partial charge on any atom is 0.328 e. The van der Waals surface area contributed by atoms with Crippen LogP contribution in [0.25, 0.3) is 0 Å². The minimum atomic E-state index is -0.734. The molecular formula is C14H20N2O4S. The molecule has 6 nitrogen and oxygen atoms in total. The predicted octanol–water partition coefficient (Wildman–Crippen LogP) is 1.23. The molecule has 7 heteroatoms. The van der Waals surface area contributed by atoms with Crippen LogP contribution in [-0.2, 0) is 16.0 Å². The second kappa shape index (κ2) is 7.00. The highest BCUT2D eigenvalue weighted by atomic mass is 32.1. The number of amides is 1. The molecule has 1 N–H and O–H groups in total. The topological polar surface area (TPSA) is 79.7 Å². The fourth-order valence-corrected chi connectivity index (χ4v) is 3.31. The van der Waals surface area contributed by atoms with Crippen molar-refractivity contribution in [2.75, 3.05) is 13.7 Å². The molecule has 2 heterocycles. The third-order valence-electron chi connectivity index (χ3n) is 3.54. The van der Waals surface area contributed by atoms with E-state index in [0.717, 1.165) is 17.8 Å². The van der Waals surface area contributed by atoms with Crippen LogP contribution in [0.3, 0.4) is 0 Å². The quantitative estimate of drug-likeness (QED) is 0.846. The van der Waals surface area contributed by atoms with E-state index in [0.29, 0.717) is 18.7 Å². The zero-order chi connectivity index (χ0) is 15.4. The Balaban J connectivity index is 2.16. The van der Waals surface area contributed by atoms with E-state index in [2.05, 4.69) is 11.9 Å². The Hall–Kier alpha value is -1.47. The molecule has 0 radical (unpaired) electrons. The number of aromatic nitrogens is 1. The van der Waals surface area contributed by atoms with Crippen LogP contribution in [0, 0.1) is 0 Å². The molecule has 1 amide bonds. The van der Waals surface area contributed by atoms with Crippen LogP contribution in [0.4, 0.5) is 0 Å². The van der Waals surface area contributed by atoms with E-state index in [1.807, 2.05) is 0 Å². The van der Waals surface area contributed by atoms with Crippen LogP contribution in [0.1, 0.15) is 41.7 Å². The third kappa shape index (κ3) is 3.59. The minimum Gasteiger partial charge on any atom is -0.467 e. The predicted molar refractivity (Wildman–Crippen MR) is 78.2 cm³/mol. The first-order chi connectivity index (χ1) is 10.1. The normalized spacial score (nSPS) is 22.1. The van der Waals surface area contributed by atoms with E-state index in [-0.39, 0.29) is 12.3 Å². The van der Waals surface area contributed by atoms with Crippen LogP contribution >= 0.6 is 11.3 Å². The summed E-state index contributed by atoms with van der Waals surface area (Å²) in [6, 6.07) is -0.734. The summed E-state index contributed by atoms with van der Waals surface area (Å²) >= 11 is 1.46. The monoisotopic (exact) mass is 312 g/mol. The molecule has 2 rings (SSSR count). The van der Waals surface area contributed by atoms with E-state index >= 15 is 0 Å². The first-order valence-corrected chi connectivity index (χ1v) is 7.96. The molecule has 0 aromatic carbocycles. The van der Waals surface area contributed by atoms with Gasteiger partial charge in [-0.25, -0.2) is 9.78 Å². The van der Waals surface area contributed by atoms with E-state index in [9.17, 15) is 14.7 Å². The molecule has 0 spiro atoms. The zero-order valence-corrected chi connectivity index (χ0v) is 13.1. The molecule has 1 aromatic heterocycles. The van der Waals surface area contributed by atoms with Gasteiger partial charge in [0.05, 0.1) is 18.2 Å². The van der Waals surface area contributed by atoms with Gasteiger partial charge in [-0.2, -0.15) is 0 Å². The van der Waals surface area contributed by atoms with Crippen molar-refractivity contribution in [1.82, 2.24) is 9.88 Å². The average molecular weight is 312 g/mol. The lowest BCUT2D eigenvalue weighted by Gasteiger charge is -2.35. The number of esters is 1. The van der Waals surface area contributed by atoms with Gasteiger partial charge in [0.1, 0.15) is 11.7 Å². The number of aryl methyl sites for hydroxylation is 1. The smallest absolute Gasteiger partial charge is 0.328 e. The second-order valence-electron chi connectivity index (χ2n) is 5.09. The van der Waals surface area contributed by atoms with Crippen molar-refractivity contribution in [3.63, 3.8) is 0 Å². The summed E-state index contributed by atoms with van der Waals surface area (Å²) in [5, 5.41) is 12.4. The van der Waals surface area contributed by atoms with Crippen LogP contribution < -0.4 is 0 Å². The SMILES string of the molecule is CCCc1nc(C(=O)N2CC[C@H](O)C[C@@H]2C(=O)OC)cs1. The lowest BCUT2D eigenvalue weighted by atomic mass is 9.99. The molecular weight excluding hydrogens is 292 g/mol. The van der Waals surface area contributed by atoms with Gasteiger partial charge in [0, 0.05) is 18.3 Å². The molecule has 1 aromatic rings. The number of rotatable bonds is 4. The molecule has 1 aliphatic rings. The number of hydrogen-bond donors (Lipinski definition) is 1. The van der Waals surface area contributed by atoms with Crippen molar-refractivity contribution >= 4 is 23.2 Å². The molecule has 0 aliphatic carbocycles. The first kappa shape index (κ1) is 15.9. The first-order valence-electron chi connectivity index (χ1n) is 7.08. The number of ether oxygens (including phenoxy) is 1. The number of hydrogen-bond acceptors (Lipinski definition) is 6. The molecule has 0 saturated carbocycles. The van der Waals surface area contributed by atoms with Crippen LogP contribution in [-0.4, -0.2) is 52.7 Å². The molecule has 1 saturated heterocycles. The van der Waals surface area contributed by atoms with Crippen LogP contribution in [0.15, 0.2) is 5.38 Å². The highest BCUT2D eigenvalue weighted by Gasteiger charge is 2.37. The van der Waals surface area contributed by atoms with Crippen LogP contribution in [0.2, 0.25) is 0 Å². The molecule has 1 fully saturated rings. The molecule has 0 bridgehead atoms. The van der Waals surface area contributed by atoms with Gasteiger partial charge in [-0.3, -0.25) is 4.79 Å². The molecule has 2 atom stereocenters. The number of nitrogens with zero attached hydrogens (tertiary/aromatic N) is 2. The van der Waals surface area contributed by atoms with Gasteiger partial charge >= 0.3 is 5.97 Å². The summed E-state index contributed by atoms with van der Waals surface area (Å²) in [5.41, 5.74) is 0.369. The highest BCUT2D eigenvalue weighted by molar-refractivity contribution is 7.09. The highest BCUT2D eigenvalue weighted by Crippen LogP contribution is 2.22. The summed E-state index contributed by atoms with van der Waals surface area (Å²) in [6.45, 7) is 2.39. The number of methoxy groups -OCH3 is 1. The van der Waals surface area contributed by atoms with E-state index in [1.165, 1.54) is 23.3 Å². The lowest BCUT2D eigenvalue weighted by Crippen LogP contribution is -2.51. The summed E-state index contributed by atoms with van der Waals surface area (Å²) in [6.07, 6.45) is 1.92. The van der Waals surface area contributed by atoms with Crippen molar-refractivity contribution in [1.29, 1.82) is 0 Å². The maximum absolute atomic E-state index is 12.5. The molecule has 21 heavy (non-hydrogen) atoms. The van der Waals surface area contributed by atoms with Crippen LogP contribution in [0.5, 0.6) is 0 Å². The van der Waals surface area contributed by atoms with Crippen molar-refractivity contribution in [2.45, 2.75) is 44.8 Å².